The van der Waals surface area contributed by atoms with Crippen molar-refractivity contribution in [3.05, 3.63) is 53.1 Å². The van der Waals surface area contributed by atoms with Crippen molar-refractivity contribution >= 4 is 29.4 Å². The molecule has 9 heteroatoms. The van der Waals surface area contributed by atoms with Crippen molar-refractivity contribution in [2.45, 2.75) is 39.3 Å². The average molecular weight is 440 g/mol. The van der Waals surface area contributed by atoms with Gasteiger partial charge in [-0.3, -0.25) is 24.1 Å². The van der Waals surface area contributed by atoms with Crippen LogP contribution < -0.4 is 14.8 Å². The number of imide groups is 1. The van der Waals surface area contributed by atoms with E-state index in [-0.39, 0.29) is 22.9 Å². The summed E-state index contributed by atoms with van der Waals surface area (Å²) in [6.07, 6.45) is -0.689. The molecule has 2 aromatic rings. The fraction of sp³-hybridized carbons (Fsp3) is 0.304. The zero-order valence-electron chi connectivity index (χ0n) is 18.2. The van der Waals surface area contributed by atoms with Gasteiger partial charge >= 0.3 is 5.97 Å². The van der Waals surface area contributed by atoms with Crippen molar-refractivity contribution < 1.29 is 33.8 Å². The SMILES string of the molecule is COc1ccc([C@@H](CC(=O)O)N2C(=O)c3cccc(NC(C)=O)c3C2=O)cc1OC(C)C. The summed E-state index contributed by atoms with van der Waals surface area (Å²) in [5.74, 6) is -2.09. The van der Waals surface area contributed by atoms with Crippen LogP contribution in [0.4, 0.5) is 5.69 Å². The molecule has 168 valence electrons. The molecular formula is C23H24N2O7. The molecule has 0 spiro atoms. The number of carbonyl (C=O) groups excluding carboxylic acids is 3. The number of nitrogens with zero attached hydrogens (tertiary/aromatic N) is 1. The normalized spacial score (nSPS) is 13.7. The zero-order chi connectivity index (χ0) is 23.6. The molecule has 0 fully saturated rings. The number of benzene rings is 2. The average Bonchev–Trinajstić information content (AvgIpc) is 2.96. The Hall–Kier alpha value is -3.88. The summed E-state index contributed by atoms with van der Waals surface area (Å²) in [4.78, 5) is 50.6. The first-order valence-corrected chi connectivity index (χ1v) is 9.98. The van der Waals surface area contributed by atoms with Crippen molar-refractivity contribution in [1.82, 2.24) is 4.90 Å². The second-order valence-corrected chi connectivity index (χ2v) is 7.58. The molecular weight excluding hydrogens is 416 g/mol. The second kappa shape index (κ2) is 9.09. The minimum atomic E-state index is -1.18. The van der Waals surface area contributed by atoms with Gasteiger partial charge < -0.3 is 19.9 Å². The maximum Gasteiger partial charge on any atom is 0.305 e. The maximum atomic E-state index is 13.3. The number of hydrogen-bond acceptors (Lipinski definition) is 6. The number of anilines is 1. The summed E-state index contributed by atoms with van der Waals surface area (Å²) < 4.78 is 11.1. The van der Waals surface area contributed by atoms with Gasteiger partial charge in [0.2, 0.25) is 5.91 Å². The van der Waals surface area contributed by atoms with Crippen molar-refractivity contribution in [2.24, 2.45) is 0 Å². The van der Waals surface area contributed by atoms with Crippen LogP contribution in [-0.2, 0) is 9.59 Å². The molecule has 0 unspecified atom stereocenters. The lowest BCUT2D eigenvalue weighted by atomic mass is 10.0. The Morgan fingerprint density at radius 2 is 1.81 bits per heavy atom. The highest BCUT2D eigenvalue weighted by atomic mass is 16.5. The number of ether oxygens (including phenoxy) is 2. The highest BCUT2D eigenvalue weighted by Crippen LogP contribution is 2.39. The van der Waals surface area contributed by atoms with Gasteiger partial charge in [-0.1, -0.05) is 12.1 Å². The summed E-state index contributed by atoms with van der Waals surface area (Å²) >= 11 is 0. The Morgan fingerprint density at radius 3 is 2.41 bits per heavy atom. The molecule has 0 radical (unpaired) electrons. The van der Waals surface area contributed by atoms with E-state index in [0.717, 1.165) is 4.90 Å². The number of methoxy groups -OCH3 is 1. The Balaban J connectivity index is 2.09. The third kappa shape index (κ3) is 4.41. The number of rotatable bonds is 8. The Bertz CT molecular complexity index is 1090. The molecule has 0 saturated heterocycles. The van der Waals surface area contributed by atoms with Crippen LogP contribution in [0.3, 0.4) is 0 Å². The summed E-state index contributed by atoms with van der Waals surface area (Å²) in [5, 5.41) is 12.1. The lowest BCUT2D eigenvalue weighted by Crippen LogP contribution is -2.35. The third-order valence-electron chi connectivity index (χ3n) is 4.87. The highest BCUT2D eigenvalue weighted by molar-refractivity contribution is 6.24. The number of hydrogen-bond donors (Lipinski definition) is 2. The molecule has 32 heavy (non-hydrogen) atoms. The third-order valence-corrected chi connectivity index (χ3v) is 4.87. The molecule has 1 heterocycles. The van der Waals surface area contributed by atoms with Crippen LogP contribution in [0.1, 0.15) is 59.5 Å². The van der Waals surface area contributed by atoms with Crippen LogP contribution >= 0.6 is 0 Å². The lowest BCUT2D eigenvalue weighted by Gasteiger charge is -2.26. The summed E-state index contributed by atoms with van der Waals surface area (Å²) in [6.45, 7) is 4.95. The van der Waals surface area contributed by atoms with Gasteiger partial charge in [-0.2, -0.15) is 0 Å². The van der Waals surface area contributed by atoms with E-state index in [0.29, 0.717) is 17.1 Å². The number of carboxylic acids is 1. The number of aliphatic carboxylic acids is 1. The van der Waals surface area contributed by atoms with Gasteiger partial charge in [0.05, 0.1) is 42.5 Å². The molecule has 0 aliphatic carbocycles. The van der Waals surface area contributed by atoms with Gasteiger partial charge in [-0.25, -0.2) is 0 Å². The van der Waals surface area contributed by atoms with Crippen molar-refractivity contribution in [3.63, 3.8) is 0 Å². The Labute approximate surface area is 184 Å². The largest absolute Gasteiger partial charge is 0.493 e. The number of fused-ring (bicyclic) bond motifs is 1. The zero-order valence-corrected chi connectivity index (χ0v) is 18.2. The predicted molar refractivity (Wildman–Crippen MR) is 115 cm³/mol. The lowest BCUT2D eigenvalue weighted by molar-refractivity contribution is -0.138. The second-order valence-electron chi connectivity index (χ2n) is 7.58. The van der Waals surface area contributed by atoms with Crippen LogP contribution in [0.2, 0.25) is 0 Å². The molecule has 1 aliphatic heterocycles. The molecule has 1 aliphatic rings. The number of amides is 3. The standard InChI is InChI=1S/C23H24N2O7/c1-12(2)32-19-10-14(8-9-18(19)31-4)17(11-20(27)28)25-22(29)15-6-5-7-16(24-13(3)26)21(15)23(25)30/h5-10,12,17H,11H2,1-4H3,(H,24,26)(H,27,28)/t17-/m1/s1. The van der Waals surface area contributed by atoms with Crippen molar-refractivity contribution in [1.29, 1.82) is 0 Å². The monoisotopic (exact) mass is 440 g/mol. The van der Waals surface area contributed by atoms with Gasteiger partial charge in [-0.15, -0.1) is 0 Å². The van der Waals surface area contributed by atoms with E-state index in [2.05, 4.69) is 5.32 Å². The molecule has 9 nitrogen and oxygen atoms in total. The first-order valence-electron chi connectivity index (χ1n) is 9.98. The highest BCUT2D eigenvalue weighted by Gasteiger charge is 2.43. The quantitative estimate of drug-likeness (QED) is 0.604. The smallest absolute Gasteiger partial charge is 0.305 e. The summed E-state index contributed by atoms with van der Waals surface area (Å²) in [5.41, 5.74) is 0.738. The molecule has 1 atom stereocenters. The number of nitrogens with one attached hydrogen (secondary N) is 1. The maximum absolute atomic E-state index is 13.3. The van der Waals surface area contributed by atoms with E-state index in [1.54, 1.807) is 24.3 Å². The minimum absolute atomic E-state index is 0.0373. The van der Waals surface area contributed by atoms with Crippen LogP contribution in [0.5, 0.6) is 11.5 Å². The molecule has 0 saturated carbocycles. The van der Waals surface area contributed by atoms with Crippen LogP contribution in [0, 0.1) is 0 Å². The van der Waals surface area contributed by atoms with Crippen LogP contribution in [0.25, 0.3) is 0 Å². The Morgan fingerprint density at radius 1 is 1.09 bits per heavy atom. The minimum Gasteiger partial charge on any atom is -0.493 e. The molecule has 2 N–H and O–H groups in total. The number of carboxylic acid groups (broad SMARTS) is 1. The van der Waals surface area contributed by atoms with Crippen molar-refractivity contribution in [3.8, 4) is 11.5 Å². The van der Waals surface area contributed by atoms with Gasteiger partial charge in [0.25, 0.3) is 11.8 Å². The van der Waals surface area contributed by atoms with E-state index in [4.69, 9.17) is 9.47 Å². The van der Waals surface area contributed by atoms with Crippen LogP contribution in [0.15, 0.2) is 36.4 Å². The first kappa shape index (κ1) is 22.8. The Kier molecular flexibility index (Phi) is 6.47. The molecule has 0 aromatic heterocycles. The molecule has 3 amide bonds. The van der Waals surface area contributed by atoms with E-state index >= 15 is 0 Å². The summed E-state index contributed by atoms with van der Waals surface area (Å²) in [7, 11) is 1.48. The fourth-order valence-electron chi connectivity index (χ4n) is 3.65. The van der Waals surface area contributed by atoms with E-state index < -0.39 is 36.2 Å². The van der Waals surface area contributed by atoms with Crippen molar-refractivity contribution in [2.75, 3.05) is 12.4 Å². The van der Waals surface area contributed by atoms with Gasteiger partial charge in [0, 0.05) is 6.92 Å². The van der Waals surface area contributed by atoms with E-state index in [9.17, 15) is 24.3 Å². The summed E-state index contributed by atoms with van der Waals surface area (Å²) in [6, 6.07) is 8.21. The van der Waals surface area contributed by atoms with Gasteiger partial charge in [-0.05, 0) is 43.7 Å². The topological polar surface area (TPSA) is 122 Å². The first-order chi connectivity index (χ1) is 15.1. The van der Waals surface area contributed by atoms with Gasteiger partial charge in [0.1, 0.15) is 0 Å². The van der Waals surface area contributed by atoms with E-state index in [1.165, 1.54) is 26.2 Å². The van der Waals surface area contributed by atoms with E-state index in [1.807, 2.05) is 13.8 Å². The predicted octanol–water partition coefficient (Wildman–Crippen LogP) is 3.25. The molecule has 3 rings (SSSR count). The van der Waals surface area contributed by atoms with Crippen LogP contribution in [-0.4, -0.2) is 46.9 Å². The van der Waals surface area contributed by atoms with Gasteiger partial charge in [0.15, 0.2) is 11.5 Å². The fourth-order valence-corrected chi connectivity index (χ4v) is 3.65. The molecule has 0 bridgehead atoms. The molecule has 2 aromatic carbocycles. The number of carbonyl (C=O) groups is 4.